The van der Waals surface area contributed by atoms with Crippen LogP contribution in [-0.4, -0.2) is 34.6 Å². The van der Waals surface area contributed by atoms with E-state index in [1.54, 1.807) is 0 Å². The summed E-state index contributed by atoms with van der Waals surface area (Å²) in [6, 6.07) is 5.05. The molecule has 0 aliphatic carbocycles. The number of hydrogen-bond donors (Lipinski definition) is 0. The SMILES string of the molecule is CS(=O)(=O)CCCS(=O)(=O)c1ccccc1F. The highest BCUT2D eigenvalue weighted by atomic mass is 32.2. The first-order chi connectivity index (χ1) is 7.72. The number of rotatable bonds is 5. The standard InChI is InChI=1S/C10H13FO4S2/c1-16(12,13)7-4-8-17(14,15)10-6-3-2-5-9(10)11/h2-3,5-6H,4,7-8H2,1H3. The largest absolute Gasteiger partial charge is 0.229 e. The van der Waals surface area contributed by atoms with Crippen molar-refractivity contribution in [3.05, 3.63) is 30.1 Å². The quantitative estimate of drug-likeness (QED) is 0.808. The van der Waals surface area contributed by atoms with Crippen LogP contribution in [0, 0.1) is 5.82 Å². The van der Waals surface area contributed by atoms with E-state index < -0.39 is 25.5 Å². The summed E-state index contributed by atoms with van der Waals surface area (Å²) in [4.78, 5) is -0.381. The summed E-state index contributed by atoms with van der Waals surface area (Å²) < 4.78 is 58.4. The topological polar surface area (TPSA) is 68.3 Å². The van der Waals surface area contributed by atoms with Crippen molar-refractivity contribution in [2.75, 3.05) is 17.8 Å². The van der Waals surface area contributed by atoms with Crippen LogP contribution in [0.1, 0.15) is 6.42 Å². The molecule has 0 aliphatic rings. The lowest BCUT2D eigenvalue weighted by atomic mass is 10.3. The Morgan fingerprint density at radius 1 is 1.06 bits per heavy atom. The Labute approximate surface area is 100 Å². The van der Waals surface area contributed by atoms with Gasteiger partial charge in [0.1, 0.15) is 20.5 Å². The van der Waals surface area contributed by atoms with E-state index in [0.29, 0.717) is 0 Å². The summed E-state index contributed by atoms with van der Waals surface area (Å²) in [6.45, 7) is 0. The molecule has 1 aromatic rings. The smallest absolute Gasteiger partial charge is 0.181 e. The van der Waals surface area contributed by atoms with Crippen molar-refractivity contribution >= 4 is 19.7 Å². The maximum absolute atomic E-state index is 13.2. The fourth-order valence-electron chi connectivity index (χ4n) is 1.32. The molecule has 7 heteroatoms. The van der Waals surface area contributed by atoms with Gasteiger partial charge in [-0.05, 0) is 18.6 Å². The van der Waals surface area contributed by atoms with Crippen molar-refractivity contribution < 1.29 is 21.2 Å². The minimum absolute atomic E-state index is 0.0322. The minimum atomic E-state index is -3.75. The molecule has 0 saturated carbocycles. The predicted octanol–water partition coefficient (Wildman–Crippen LogP) is 1.03. The fraction of sp³-hybridized carbons (Fsp3) is 0.400. The lowest BCUT2D eigenvalue weighted by Gasteiger charge is -2.04. The maximum Gasteiger partial charge on any atom is 0.181 e. The third-order valence-electron chi connectivity index (χ3n) is 2.10. The van der Waals surface area contributed by atoms with Gasteiger partial charge in [-0.15, -0.1) is 0 Å². The van der Waals surface area contributed by atoms with Crippen LogP contribution in [-0.2, 0) is 19.7 Å². The van der Waals surface area contributed by atoms with E-state index in [4.69, 9.17) is 0 Å². The van der Waals surface area contributed by atoms with Gasteiger partial charge >= 0.3 is 0 Å². The van der Waals surface area contributed by atoms with Crippen LogP contribution < -0.4 is 0 Å². The lowest BCUT2D eigenvalue weighted by molar-refractivity contribution is 0.566. The van der Waals surface area contributed by atoms with Crippen LogP contribution >= 0.6 is 0 Å². The molecule has 1 rings (SSSR count). The van der Waals surface area contributed by atoms with E-state index in [9.17, 15) is 21.2 Å². The molecular formula is C10H13FO4S2. The molecule has 17 heavy (non-hydrogen) atoms. The van der Waals surface area contributed by atoms with Crippen molar-refractivity contribution in [2.24, 2.45) is 0 Å². The second kappa shape index (κ2) is 5.14. The first-order valence-corrected chi connectivity index (χ1v) is 8.59. The highest BCUT2D eigenvalue weighted by Gasteiger charge is 2.18. The van der Waals surface area contributed by atoms with Gasteiger partial charge in [-0.2, -0.15) is 0 Å². The Bertz CT molecular complexity index is 590. The molecule has 96 valence electrons. The van der Waals surface area contributed by atoms with Gasteiger partial charge in [0.15, 0.2) is 9.84 Å². The van der Waals surface area contributed by atoms with Gasteiger partial charge in [0.2, 0.25) is 0 Å². The van der Waals surface area contributed by atoms with Gasteiger partial charge in [-0.3, -0.25) is 0 Å². The summed E-state index contributed by atoms with van der Waals surface area (Å²) >= 11 is 0. The third kappa shape index (κ3) is 4.43. The van der Waals surface area contributed by atoms with E-state index in [2.05, 4.69) is 0 Å². The molecule has 0 radical (unpaired) electrons. The van der Waals surface area contributed by atoms with E-state index >= 15 is 0 Å². The van der Waals surface area contributed by atoms with Crippen LogP contribution in [0.2, 0.25) is 0 Å². The molecule has 0 bridgehead atoms. The normalized spacial score (nSPS) is 12.6. The van der Waals surface area contributed by atoms with E-state index in [1.165, 1.54) is 18.2 Å². The molecule has 0 aliphatic heterocycles. The van der Waals surface area contributed by atoms with Gasteiger partial charge in [0, 0.05) is 6.26 Å². The fourth-order valence-corrected chi connectivity index (χ4v) is 3.56. The molecule has 0 aromatic heterocycles. The van der Waals surface area contributed by atoms with E-state index in [-0.39, 0.29) is 22.8 Å². The number of benzene rings is 1. The summed E-state index contributed by atoms with van der Waals surface area (Å²) in [5.74, 6) is -1.41. The molecule has 0 spiro atoms. The Balaban J connectivity index is 2.81. The summed E-state index contributed by atoms with van der Waals surface area (Å²) in [7, 11) is -6.95. The van der Waals surface area contributed by atoms with Crippen LogP contribution in [0.4, 0.5) is 4.39 Å². The van der Waals surface area contributed by atoms with Crippen LogP contribution in [0.25, 0.3) is 0 Å². The molecule has 0 heterocycles. The molecule has 0 unspecified atom stereocenters. The highest BCUT2D eigenvalue weighted by molar-refractivity contribution is 7.92. The lowest BCUT2D eigenvalue weighted by Crippen LogP contribution is -2.13. The monoisotopic (exact) mass is 280 g/mol. The second-order valence-electron chi connectivity index (χ2n) is 3.73. The first kappa shape index (κ1) is 14.1. The summed E-state index contributed by atoms with van der Waals surface area (Å²) in [6.07, 6.45) is 0.998. The van der Waals surface area contributed by atoms with Gasteiger partial charge in [-0.1, -0.05) is 12.1 Å². The molecule has 0 amide bonds. The average Bonchev–Trinajstić information content (AvgIpc) is 2.15. The zero-order chi connectivity index (χ0) is 13.1. The van der Waals surface area contributed by atoms with Crippen molar-refractivity contribution in [3.63, 3.8) is 0 Å². The molecule has 1 aromatic carbocycles. The Kier molecular flexibility index (Phi) is 4.26. The van der Waals surface area contributed by atoms with Crippen LogP contribution in [0.5, 0.6) is 0 Å². The molecule has 0 atom stereocenters. The Morgan fingerprint density at radius 2 is 1.65 bits per heavy atom. The Morgan fingerprint density at radius 3 is 2.18 bits per heavy atom. The average molecular weight is 280 g/mol. The molecule has 0 fully saturated rings. The van der Waals surface area contributed by atoms with Gasteiger partial charge in [0.05, 0.1) is 11.5 Å². The third-order valence-corrected chi connectivity index (χ3v) is 4.96. The summed E-state index contributed by atoms with van der Waals surface area (Å²) in [5, 5.41) is 0. The zero-order valence-electron chi connectivity index (χ0n) is 9.26. The first-order valence-electron chi connectivity index (χ1n) is 4.87. The minimum Gasteiger partial charge on any atom is -0.229 e. The molecule has 0 saturated heterocycles. The Hall–Kier alpha value is -0.950. The van der Waals surface area contributed by atoms with Crippen LogP contribution in [0.15, 0.2) is 29.2 Å². The van der Waals surface area contributed by atoms with Gasteiger partial charge < -0.3 is 0 Å². The van der Waals surface area contributed by atoms with Crippen molar-refractivity contribution in [3.8, 4) is 0 Å². The van der Waals surface area contributed by atoms with Gasteiger partial charge in [0.25, 0.3) is 0 Å². The summed E-state index contributed by atoms with van der Waals surface area (Å²) in [5.41, 5.74) is 0. The van der Waals surface area contributed by atoms with Crippen LogP contribution in [0.3, 0.4) is 0 Å². The van der Waals surface area contributed by atoms with E-state index in [0.717, 1.165) is 12.3 Å². The second-order valence-corrected chi connectivity index (χ2v) is 8.07. The molecule has 0 N–H and O–H groups in total. The van der Waals surface area contributed by atoms with Gasteiger partial charge in [-0.25, -0.2) is 21.2 Å². The predicted molar refractivity (Wildman–Crippen MR) is 62.8 cm³/mol. The molecule has 4 nitrogen and oxygen atoms in total. The van der Waals surface area contributed by atoms with Crippen molar-refractivity contribution in [1.29, 1.82) is 0 Å². The van der Waals surface area contributed by atoms with E-state index in [1.807, 2.05) is 0 Å². The number of hydrogen-bond acceptors (Lipinski definition) is 4. The number of halogens is 1. The number of sulfone groups is 2. The van der Waals surface area contributed by atoms with Crippen molar-refractivity contribution in [2.45, 2.75) is 11.3 Å². The zero-order valence-corrected chi connectivity index (χ0v) is 10.9. The maximum atomic E-state index is 13.2. The highest BCUT2D eigenvalue weighted by Crippen LogP contribution is 2.16. The van der Waals surface area contributed by atoms with Crippen molar-refractivity contribution in [1.82, 2.24) is 0 Å². The molecular weight excluding hydrogens is 267 g/mol.